The Balaban J connectivity index is 0.00000261. The van der Waals surface area contributed by atoms with Crippen molar-refractivity contribution in [1.29, 1.82) is 0 Å². The van der Waals surface area contributed by atoms with E-state index >= 15 is 0 Å². The zero-order chi connectivity index (χ0) is 18.7. The Hall–Kier alpha value is -1.02. The Bertz CT molecular complexity index is 650. The number of likely N-dealkylation sites (N-methyl/N-ethyl adjacent to an activating group) is 1. The van der Waals surface area contributed by atoms with Crippen LogP contribution in [0.5, 0.6) is 5.75 Å². The van der Waals surface area contributed by atoms with Gasteiger partial charge in [0, 0.05) is 37.6 Å². The van der Waals surface area contributed by atoms with Crippen LogP contribution in [0.1, 0.15) is 32.8 Å². The number of nitrogens with one attached hydrogen (secondary N) is 1. The monoisotopic (exact) mass is 487 g/mol. The topological polar surface area (TPSA) is 46.1 Å². The molecule has 2 aliphatic rings. The number of halogens is 1. The maximum absolute atomic E-state index is 5.95. The normalized spacial score (nSPS) is 25.8. The Labute approximate surface area is 180 Å². The first kappa shape index (κ1) is 22.3. The second-order valence-corrected chi connectivity index (χ2v) is 8.02. The van der Waals surface area contributed by atoms with Gasteiger partial charge in [-0.25, -0.2) is 0 Å². The molecule has 0 radical (unpaired) electrons. The molecule has 1 heterocycles. The van der Waals surface area contributed by atoms with Crippen LogP contribution in [0.2, 0.25) is 0 Å². The van der Waals surface area contributed by atoms with Crippen LogP contribution in [0.15, 0.2) is 29.3 Å². The Kier molecular flexibility index (Phi) is 7.80. The SMILES string of the molecule is CCN=C(NC1C2CCOC2C1(C)C)N(C)CCOc1ccccc1C.I. The number of para-hydroxylation sites is 1. The summed E-state index contributed by atoms with van der Waals surface area (Å²) in [5.41, 5.74) is 1.31. The van der Waals surface area contributed by atoms with Crippen LogP contribution in [0, 0.1) is 18.3 Å². The van der Waals surface area contributed by atoms with E-state index in [0.29, 0.717) is 24.7 Å². The van der Waals surface area contributed by atoms with Crippen LogP contribution in [0.4, 0.5) is 0 Å². The molecule has 2 fully saturated rings. The van der Waals surface area contributed by atoms with Gasteiger partial charge >= 0.3 is 0 Å². The average Bonchev–Trinajstić information content (AvgIpc) is 3.07. The molecule has 1 aromatic rings. The molecule has 6 heteroatoms. The number of hydrogen-bond acceptors (Lipinski definition) is 3. The summed E-state index contributed by atoms with van der Waals surface area (Å²) in [7, 11) is 2.08. The second kappa shape index (κ2) is 9.45. The van der Waals surface area contributed by atoms with Crippen molar-refractivity contribution in [2.75, 3.05) is 33.4 Å². The summed E-state index contributed by atoms with van der Waals surface area (Å²) in [6, 6.07) is 8.55. The van der Waals surface area contributed by atoms with Crippen LogP contribution >= 0.6 is 24.0 Å². The zero-order valence-electron chi connectivity index (χ0n) is 17.2. The van der Waals surface area contributed by atoms with Crippen molar-refractivity contribution in [2.45, 2.75) is 46.3 Å². The number of fused-ring (bicyclic) bond motifs is 1. The van der Waals surface area contributed by atoms with Crippen molar-refractivity contribution in [3.05, 3.63) is 29.8 Å². The number of ether oxygens (including phenoxy) is 2. The third-order valence-corrected chi connectivity index (χ3v) is 5.83. The number of benzene rings is 1. The lowest BCUT2D eigenvalue weighted by atomic mass is 9.57. The minimum Gasteiger partial charge on any atom is -0.491 e. The number of hydrogen-bond donors (Lipinski definition) is 1. The number of aryl methyl sites for hydroxylation is 1. The average molecular weight is 487 g/mol. The molecule has 3 rings (SSSR count). The van der Waals surface area contributed by atoms with E-state index in [4.69, 9.17) is 14.5 Å². The van der Waals surface area contributed by atoms with Gasteiger partial charge in [-0.3, -0.25) is 4.99 Å². The largest absolute Gasteiger partial charge is 0.491 e. The molecule has 3 unspecified atom stereocenters. The molecular weight excluding hydrogens is 453 g/mol. The fourth-order valence-electron chi connectivity index (χ4n) is 4.30. The number of rotatable bonds is 6. The van der Waals surface area contributed by atoms with Crippen molar-refractivity contribution in [3.8, 4) is 5.75 Å². The Morgan fingerprint density at radius 3 is 2.81 bits per heavy atom. The molecule has 1 aliphatic carbocycles. The summed E-state index contributed by atoms with van der Waals surface area (Å²) >= 11 is 0. The van der Waals surface area contributed by atoms with Crippen LogP contribution in [0.3, 0.4) is 0 Å². The van der Waals surface area contributed by atoms with E-state index in [0.717, 1.165) is 37.8 Å². The van der Waals surface area contributed by atoms with Crippen LogP contribution in [-0.2, 0) is 4.74 Å². The molecular formula is C21H34IN3O2. The maximum atomic E-state index is 5.95. The van der Waals surface area contributed by atoms with Crippen molar-refractivity contribution >= 4 is 29.9 Å². The molecule has 0 amide bonds. The fourth-order valence-corrected chi connectivity index (χ4v) is 4.30. The minimum absolute atomic E-state index is 0. The van der Waals surface area contributed by atoms with Crippen LogP contribution in [0.25, 0.3) is 0 Å². The van der Waals surface area contributed by atoms with Gasteiger partial charge in [0.2, 0.25) is 0 Å². The number of nitrogens with zero attached hydrogens (tertiary/aromatic N) is 2. The number of aliphatic imine (C=N–C) groups is 1. The molecule has 0 aromatic heterocycles. The molecule has 27 heavy (non-hydrogen) atoms. The molecule has 1 N–H and O–H groups in total. The van der Waals surface area contributed by atoms with Crippen molar-refractivity contribution in [3.63, 3.8) is 0 Å². The predicted octanol–water partition coefficient (Wildman–Crippen LogP) is 3.70. The van der Waals surface area contributed by atoms with Gasteiger partial charge in [0.05, 0.1) is 12.6 Å². The quantitative estimate of drug-likeness (QED) is 0.378. The van der Waals surface area contributed by atoms with Gasteiger partial charge in [-0.1, -0.05) is 32.0 Å². The highest BCUT2D eigenvalue weighted by molar-refractivity contribution is 14.0. The summed E-state index contributed by atoms with van der Waals surface area (Å²) in [4.78, 5) is 6.87. The highest BCUT2D eigenvalue weighted by atomic mass is 127. The lowest BCUT2D eigenvalue weighted by Gasteiger charge is -2.55. The highest BCUT2D eigenvalue weighted by Crippen LogP contribution is 2.52. The Morgan fingerprint density at radius 1 is 1.37 bits per heavy atom. The van der Waals surface area contributed by atoms with Gasteiger partial charge in [0.25, 0.3) is 0 Å². The lowest BCUT2D eigenvalue weighted by Crippen LogP contribution is -2.68. The molecule has 0 bridgehead atoms. The first-order valence-electron chi connectivity index (χ1n) is 9.77. The third kappa shape index (κ3) is 4.70. The summed E-state index contributed by atoms with van der Waals surface area (Å²) in [5, 5.41) is 3.72. The standard InChI is InChI=1S/C21H33N3O2.HI/c1-6-22-20(23-18-16-11-13-26-19(16)21(18,3)4)24(5)12-14-25-17-10-8-7-9-15(17)2;/h7-10,16,18-19H,6,11-14H2,1-5H3,(H,22,23);1H. The van der Waals surface area contributed by atoms with Crippen molar-refractivity contribution in [1.82, 2.24) is 10.2 Å². The van der Waals surface area contributed by atoms with Gasteiger partial charge in [0.15, 0.2) is 5.96 Å². The summed E-state index contributed by atoms with van der Waals surface area (Å²) < 4.78 is 11.9. The molecule has 1 saturated heterocycles. The second-order valence-electron chi connectivity index (χ2n) is 8.02. The van der Waals surface area contributed by atoms with E-state index in [1.807, 2.05) is 18.2 Å². The van der Waals surface area contributed by atoms with E-state index in [1.54, 1.807) is 0 Å². The summed E-state index contributed by atoms with van der Waals surface area (Å²) in [6.45, 7) is 11.8. The lowest BCUT2D eigenvalue weighted by molar-refractivity contribution is -0.107. The fraction of sp³-hybridized carbons (Fsp3) is 0.667. The van der Waals surface area contributed by atoms with E-state index < -0.39 is 0 Å². The van der Waals surface area contributed by atoms with E-state index in [1.165, 1.54) is 5.56 Å². The van der Waals surface area contributed by atoms with Gasteiger partial charge in [0.1, 0.15) is 12.4 Å². The molecule has 0 spiro atoms. The molecule has 1 saturated carbocycles. The van der Waals surface area contributed by atoms with E-state index in [9.17, 15) is 0 Å². The summed E-state index contributed by atoms with van der Waals surface area (Å²) in [5.74, 6) is 2.52. The molecule has 152 valence electrons. The molecule has 1 aliphatic heterocycles. The van der Waals surface area contributed by atoms with Gasteiger partial charge in [-0.15, -0.1) is 24.0 Å². The molecule has 1 aromatic carbocycles. The highest BCUT2D eigenvalue weighted by Gasteiger charge is 2.59. The van der Waals surface area contributed by atoms with Crippen molar-refractivity contribution in [2.24, 2.45) is 16.3 Å². The predicted molar refractivity (Wildman–Crippen MR) is 121 cm³/mol. The smallest absolute Gasteiger partial charge is 0.194 e. The van der Waals surface area contributed by atoms with Gasteiger partial charge in [-0.05, 0) is 31.9 Å². The maximum Gasteiger partial charge on any atom is 0.194 e. The number of guanidine groups is 1. The van der Waals surface area contributed by atoms with E-state index in [-0.39, 0.29) is 29.4 Å². The zero-order valence-corrected chi connectivity index (χ0v) is 19.5. The van der Waals surface area contributed by atoms with Crippen molar-refractivity contribution < 1.29 is 9.47 Å². The minimum atomic E-state index is 0. The third-order valence-electron chi connectivity index (χ3n) is 5.83. The van der Waals surface area contributed by atoms with E-state index in [2.05, 4.69) is 51.0 Å². The summed E-state index contributed by atoms with van der Waals surface area (Å²) in [6.07, 6.45) is 1.53. The first-order chi connectivity index (χ1) is 12.4. The van der Waals surface area contributed by atoms with Crippen LogP contribution < -0.4 is 10.1 Å². The Morgan fingerprint density at radius 2 is 2.11 bits per heavy atom. The van der Waals surface area contributed by atoms with Gasteiger partial charge < -0.3 is 19.7 Å². The van der Waals surface area contributed by atoms with Crippen LogP contribution in [-0.4, -0.2) is 56.4 Å². The molecule has 5 nitrogen and oxygen atoms in total. The van der Waals surface area contributed by atoms with Gasteiger partial charge in [-0.2, -0.15) is 0 Å². The molecule has 3 atom stereocenters. The first-order valence-corrected chi connectivity index (χ1v) is 9.77.